The van der Waals surface area contributed by atoms with E-state index >= 15 is 0 Å². The summed E-state index contributed by atoms with van der Waals surface area (Å²) in [5, 5.41) is 3.02. The molecule has 2 aliphatic carbocycles. The van der Waals surface area contributed by atoms with E-state index in [0.29, 0.717) is 43.7 Å². The van der Waals surface area contributed by atoms with Crippen LogP contribution in [0.4, 0.5) is 19.3 Å². The normalized spacial score (nSPS) is 21.4. The Hall–Kier alpha value is -2.47. The number of hydrogen-bond donors (Lipinski definition) is 1. The average Bonchev–Trinajstić information content (AvgIpc) is 3.25. The van der Waals surface area contributed by atoms with Crippen molar-refractivity contribution in [3.8, 4) is 0 Å². The van der Waals surface area contributed by atoms with Crippen molar-refractivity contribution in [2.45, 2.75) is 89.6 Å². The number of carbonyl (C=O) groups is 1. The standard InChI is InChI=1S/C28H42F2N6O3S/c1-27(2,3)25-32-23-18-22(8-9-24(23)36(25)19-20-10-12-28(29,30)13-11-20)33(4)40(38,39)35-16-14-34(15-17-35)26(37)31-21-6-5-7-21/h8-9,18,20-21H,5-7,10-17,19H2,1-4H3,(H,31,37). The molecule has 2 heterocycles. The Morgan fingerprint density at radius 3 is 2.33 bits per heavy atom. The zero-order valence-corrected chi connectivity index (χ0v) is 24.8. The van der Waals surface area contributed by atoms with Crippen LogP contribution >= 0.6 is 0 Å². The maximum Gasteiger partial charge on any atom is 0.317 e. The van der Waals surface area contributed by atoms with E-state index < -0.39 is 16.1 Å². The number of nitrogens with zero attached hydrogens (tertiary/aromatic N) is 5. The molecule has 1 aromatic heterocycles. The van der Waals surface area contributed by atoms with E-state index in [-0.39, 0.29) is 49.3 Å². The molecule has 12 heteroatoms. The highest BCUT2D eigenvalue weighted by atomic mass is 32.2. The number of benzene rings is 1. The zero-order valence-electron chi connectivity index (χ0n) is 24.0. The number of halogens is 2. The van der Waals surface area contributed by atoms with Gasteiger partial charge in [-0.3, -0.25) is 4.31 Å². The lowest BCUT2D eigenvalue weighted by molar-refractivity contribution is -0.0473. The van der Waals surface area contributed by atoms with E-state index in [9.17, 15) is 22.0 Å². The van der Waals surface area contributed by atoms with Crippen LogP contribution in [0, 0.1) is 5.92 Å². The number of piperazine rings is 1. The summed E-state index contributed by atoms with van der Waals surface area (Å²) >= 11 is 0. The largest absolute Gasteiger partial charge is 0.335 e. The fourth-order valence-electron chi connectivity index (χ4n) is 5.86. The van der Waals surface area contributed by atoms with Gasteiger partial charge in [-0.25, -0.2) is 18.6 Å². The highest BCUT2D eigenvalue weighted by Crippen LogP contribution is 2.38. The van der Waals surface area contributed by atoms with Gasteiger partial charge in [0.2, 0.25) is 5.92 Å². The summed E-state index contributed by atoms with van der Waals surface area (Å²) in [6.07, 6.45) is 3.93. The second kappa shape index (κ2) is 10.7. The van der Waals surface area contributed by atoms with Crippen LogP contribution in [0.1, 0.15) is 71.5 Å². The minimum atomic E-state index is -3.81. The summed E-state index contributed by atoms with van der Waals surface area (Å²) < 4.78 is 59.4. The van der Waals surface area contributed by atoms with Gasteiger partial charge < -0.3 is 14.8 Å². The van der Waals surface area contributed by atoms with E-state index in [1.807, 2.05) is 6.07 Å². The molecule has 0 atom stereocenters. The molecular weight excluding hydrogens is 538 g/mol. The molecule has 40 heavy (non-hydrogen) atoms. The van der Waals surface area contributed by atoms with E-state index in [2.05, 4.69) is 30.7 Å². The summed E-state index contributed by atoms with van der Waals surface area (Å²) in [6.45, 7) is 7.99. The Labute approximate surface area is 236 Å². The number of fused-ring (bicyclic) bond motifs is 1. The van der Waals surface area contributed by atoms with Crippen LogP contribution < -0.4 is 9.62 Å². The first-order chi connectivity index (χ1) is 18.7. The maximum atomic E-state index is 13.7. The van der Waals surface area contributed by atoms with Crippen LogP contribution in [0.3, 0.4) is 0 Å². The van der Waals surface area contributed by atoms with Gasteiger partial charge in [0, 0.05) is 64.1 Å². The molecule has 9 nitrogen and oxygen atoms in total. The van der Waals surface area contributed by atoms with Crippen molar-refractivity contribution < 1.29 is 22.0 Å². The van der Waals surface area contributed by atoms with Crippen LogP contribution in [-0.2, 0) is 22.2 Å². The number of hydrogen-bond acceptors (Lipinski definition) is 4. The van der Waals surface area contributed by atoms with Crippen molar-refractivity contribution in [3.05, 3.63) is 24.0 Å². The molecule has 3 aliphatic rings. The molecule has 0 radical (unpaired) electrons. The molecule has 1 aromatic carbocycles. The quantitative estimate of drug-likeness (QED) is 0.536. The van der Waals surface area contributed by atoms with Crippen molar-refractivity contribution in [2.75, 3.05) is 37.5 Å². The number of rotatable bonds is 6. The molecule has 0 spiro atoms. The first kappa shape index (κ1) is 29.0. The Balaban J connectivity index is 1.31. The second-order valence-corrected chi connectivity index (χ2v) is 14.7. The van der Waals surface area contributed by atoms with Crippen LogP contribution in [0.2, 0.25) is 0 Å². The average molecular weight is 581 g/mol. The number of amides is 2. The smallest absolute Gasteiger partial charge is 0.317 e. The van der Waals surface area contributed by atoms with E-state index in [0.717, 1.165) is 30.6 Å². The Bertz CT molecular complexity index is 1330. The summed E-state index contributed by atoms with van der Waals surface area (Å²) in [5.41, 5.74) is 1.78. The number of carbonyl (C=O) groups excluding carboxylic acids is 1. The molecule has 5 rings (SSSR count). The minimum absolute atomic E-state index is 0.0819. The van der Waals surface area contributed by atoms with Gasteiger partial charge in [-0.05, 0) is 56.2 Å². The summed E-state index contributed by atoms with van der Waals surface area (Å²) in [6, 6.07) is 5.58. The molecule has 0 unspecified atom stereocenters. The summed E-state index contributed by atoms with van der Waals surface area (Å²) in [7, 11) is -2.27. The number of nitrogens with one attached hydrogen (secondary N) is 1. The van der Waals surface area contributed by atoms with Crippen molar-refractivity contribution >= 4 is 33.0 Å². The van der Waals surface area contributed by atoms with Gasteiger partial charge in [-0.15, -0.1) is 0 Å². The fourth-order valence-corrected chi connectivity index (χ4v) is 7.21. The monoisotopic (exact) mass is 580 g/mol. The van der Waals surface area contributed by atoms with Crippen molar-refractivity contribution in [1.29, 1.82) is 0 Å². The molecule has 2 amide bonds. The third kappa shape index (κ3) is 5.93. The van der Waals surface area contributed by atoms with Crippen LogP contribution in [0.5, 0.6) is 0 Å². The highest BCUT2D eigenvalue weighted by molar-refractivity contribution is 7.90. The number of aromatic nitrogens is 2. The zero-order chi connectivity index (χ0) is 28.9. The van der Waals surface area contributed by atoms with Crippen LogP contribution in [-0.4, -0.2) is 78.4 Å². The summed E-state index contributed by atoms with van der Waals surface area (Å²) in [4.78, 5) is 19.1. The van der Waals surface area contributed by atoms with Crippen molar-refractivity contribution in [2.24, 2.45) is 5.92 Å². The van der Waals surface area contributed by atoms with Gasteiger partial charge in [0.05, 0.1) is 16.7 Å². The lowest BCUT2D eigenvalue weighted by atomic mass is 9.86. The molecule has 1 saturated heterocycles. The van der Waals surface area contributed by atoms with Crippen LogP contribution in [0.15, 0.2) is 18.2 Å². The van der Waals surface area contributed by atoms with Gasteiger partial charge in [0.1, 0.15) is 5.82 Å². The van der Waals surface area contributed by atoms with E-state index in [4.69, 9.17) is 4.98 Å². The van der Waals surface area contributed by atoms with Gasteiger partial charge in [0.25, 0.3) is 0 Å². The number of imidazole rings is 1. The molecule has 2 aromatic rings. The number of urea groups is 1. The second-order valence-electron chi connectivity index (χ2n) is 12.7. The first-order valence-corrected chi connectivity index (χ1v) is 15.8. The first-order valence-electron chi connectivity index (χ1n) is 14.4. The number of anilines is 1. The molecule has 2 saturated carbocycles. The lowest BCUT2D eigenvalue weighted by Crippen LogP contribution is -2.57. The van der Waals surface area contributed by atoms with Gasteiger partial charge >= 0.3 is 16.2 Å². The Kier molecular flexibility index (Phi) is 7.80. The van der Waals surface area contributed by atoms with E-state index in [1.54, 1.807) is 17.0 Å². The third-order valence-electron chi connectivity index (χ3n) is 8.67. The topological polar surface area (TPSA) is 90.8 Å². The van der Waals surface area contributed by atoms with Gasteiger partial charge in [-0.2, -0.15) is 12.7 Å². The van der Waals surface area contributed by atoms with Crippen molar-refractivity contribution in [3.63, 3.8) is 0 Å². The van der Waals surface area contributed by atoms with E-state index in [1.165, 1.54) is 15.7 Å². The highest BCUT2D eigenvalue weighted by Gasteiger charge is 2.36. The predicted molar refractivity (Wildman–Crippen MR) is 152 cm³/mol. The molecule has 1 N–H and O–H groups in total. The molecule has 0 bridgehead atoms. The van der Waals surface area contributed by atoms with Gasteiger partial charge in [-0.1, -0.05) is 20.8 Å². The third-order valence-corrected chi connectivity index (χ3v) is 10.6. The fraction of sp³-hybridized carbons (Fsp3) is 0.714. The van der Waals surface area contributed by atoms with Gasteiger partial charge in [0.15, 0.2) is 0 Å². The summed E-state index contributed by atoms with van der Waals surface area (Å²) in [5.74, 6) is -1.56. The molecular formula is C28H42F2N6O3S. The van der Waals surface area contributed by atoms with Crippen LogP contribution in [0.25, 0.3) is 11.0 Å². The lowest BCUT2D eigenvalue weighted by Gasteiger charge is -2.37. The molecule has 222 valence electrons. The Morgan fingerprint density at radius 2 is 1.75 bits per heavy atom. The van der Waals surface area contributed by atoms with Crippen molar-refractivity contribution in [1.82, 2.24) is 24.1 Å². The Morgan fingerprint density at radius 1 is 1.10 bits per heavy atom. The SMILES string of the molecule is CN(c1ccc2c(c1)nc(C(C)(C)C)n2CC1CCC(F)(F)CC1)S(=O)(=O)N1CCN(C(=O)NC2CCC2)CC1. The maximum absolute atomic E-state index is 13.7. The predicted octanol–water partition coefficient (Wildman–Crippen LogP) is 4.72. The molecule has 1 aliphatic heterocycles. The molecule has 3 fully saturated rings. The minimum Gasteiger partial charge on any atom is -0.335 e. The number of alkyl halides is 2.